The van der Waals surface area contributed by atoms with Crippen LogP contribution in [0.15, 0.2) is 97.6 Å². The lowest BCUT2D eigenvalue weighted by molar-refractivity contribution is -0.704. The van der Waals surface area contributed by atoms with Crippen LogP contribution in [0.5, 0.6) is 5.75 Å². The zero-order valence-corrected chi connectivity index (χ0v) is 23.4. The van der Waals surface area contributed by atoms with E-state index in [1.54, 1.807) is 18.2 Å². The molecular formula is C30H25Cl4N2O2+. The third-order valence-electron chi connectivity index (χ3n) is 6.23. The highest BCUT2D eigenvalue weighted by atomic mass is 35.5. The quantitative estimate of drug-likeness (QED) is 0.153. The first kappa shape index (κ1) is 26.9. The smallest absolute Gasteiger partial charge is 0.243 e. The Hall–Kier alpha value is -2.73. The molecule has 0 amide bonds. The molecule has 4 aromatic carbocycles. The summed E-state index contributed by atoms with van der Waals surface area (Å²) < 4.78 is 16.5. The second-order valence-electron chi connectivity index (χ2n) is 8.91. The average Bonchev–Trinajstić information content (AvgIpc) is 3.34. The maximum Gasteiger partial charge on any atom is 0.243 e. The zero-order chi connectivity index (χ0) is 26.5. The molecule has 5 aromatic rings. The van der Waals surface area contributed by atoms with Gasteiger partial charge in [-0.3, -0.25) is 0 Å². The Balaban J connectivity index is 1.25. The highest BCUT2D eigenvalue weighted by Gasteiger charge is 2.20. The predicted molar refractivity (Wildman–Crippen MR) is 155 cm³/mol. The first-order chi connectivity index (χ1) is 18.4. The first-order valence-corrected chi connectivity index (χ1v) is 13.6. The number of ether oxygens (including phenoxy) is 2. The molecule has 5 rings (SSSR count). The number of rotatable bonds is 10. The molecule has 38 heavy (non-hydrogen) atoms. The molecule has 194 valence electrons. The number of halogens is 4. The van der Waals surface area contributed by atoms with E-state index in [2.05, 4.69) is 33.4 Å². The third kappa shape index (κ3) is 6.82. The number of aromatic nitrogens is 2. The van der Waals surface area contributed by atoms with Crippen molar-refractivity contribution >= 4 is 57.2 Å². The van der Waals surface area contributed by atoms with Gasteiger partial charge >= 0.3 is 0 Å². The molecule has 0 radical (unpaired) electrons. The zero-order valence-electron chi connectivity index (χ0n) is 20.4. The maximum absolute atomic E-state index is 6.55. The van der Waals surface area contributed by atoms with Gasteiger partial charge in [-0.15, -0.1) is 0 Å². The standard InChI is InChI=1S/C30H25Cl4N2O2/c31-24-7-5-23(28(33)16-24)19-38-30(27-10-8-25(32)17-29(27)34)18-36-12-11-35(20-36)13-14-37-26-9-6-21-3-1-2-4-22(21)15-26/h1-12,15-17,20,30H,13-14,18-19H2/q+1. The number of fused-ring (bicyclic) bond motifs is 1. The van der Waals surface area contributed by atoms with Crippen LogP contribution in [0.4, 0.5) is 0 Å². The van der Waals surface area contributed by atoms with Crippen molar-refractivity contribution in [3.8, 4) is 5.75 Å². The van der Waals surface area contributed by atoms with Crippen molar-refractivity contribution < 1.29 is 14.0 Å². The largest absolute Gasteiger partial charge is 0.489 e. The van der Waals surface area contributed by atoms with Crippen LogP contribution in [0.25, 0.3) is 10.8 Å². The van der Waals surface area contributed by atoms with Crippen LogP contribution in [0.3, 0.4) is 0 Å². The summed E-state index contributed by atoms with van der Waals surface area (Å²) in [5, 5.41) is 4.62. The van der Waals surface area contributed by atoms with Crippen LogP contribution in [0.2, 0.25) is 20.1 Å². The SMILES string of the molecule is Clc1ccc(COC(C[n+]2ccn(CCOc3ccc4ccccc4c3)c2)c2ccc(Cl)cc2Cl)c(Cl)c1. The summed E-state index contributed by atoms with van der Waals surface area (Å²) >= 11 is 25.1. The molecular weight excluding hydrogens is 562 g/mol. The Labute approximate surface area is 241 Å². The summed E-state index contributed by atoms with van der Waals surface area (Å²) in [4.78, 5) is 0. The van der Waals surface area contributed by atoms with E-state index in [0.717, 1.165) is 22.3 Å². The highest BCUT2D eigenvalue weighted by molar-refractivity contribution is 6.35. The number of nitrogens with zero attached hydrogens (tertiary/aromatic N) is 2. The molecule has 0 spiro atoms. The van der Waals surface area contributed by atoms with Crippen molar-refractivity contribution in [2.45, 2.75) is 25.8 Å². The topological polar surface area (TPSA) is 27.3 Å². The molecule has 0 aliphatic heterocycles. The lowest BCUT2D eigenvalue weighted by Crippen LogP contribution is -2.35. The second-order valence-corrected chi connectivity index (χ2v) is 10.6. The number of benzene rings is 4. The lowest BCUT2D eigenvalue weighted by Gasteiger charge is -2.19. The third-order valence-corrected chi connectivity index (χ3v) is 7.38. The van der Waals surface area contributed by atoms with E-state index in [0.29, 0.717) is 46.4 Å². The molecule has 0 N–H and O–H groups in total. The number of imidazole rings is 1. The average molecular weight is 587 g/mol. The van der Waals surface area contributed by atoms with E-state index in [-0.39, 0.29) is 6.10 Å². The number of hydrogen-bond donors (Lipinski definition) is 0. The fourth-order valence-corrected chi connectivity index (χ4v) is 5.22. The Morgan fingerprint density at radius 1 is 0.789 bits per heavy atom. The Bertz CT molecular complexity index is 1550. The van der Waals surface area contributed by atoms with Crippen LogP contribution in [-0.2, 0) is 24.4 Å². The van der Waals surface area contributed by atoms with Crippen molar-refractivity contribution in [3.63, 3.8) is 0 Å². The van der Waals surface area contributed by atoms with Crippen molar-refractivity contribution in [1.82, 2.24) is 4.57 Å². The van der Waals surface area contributed by atoms with E-state index < -0.39 is 0 Å². The van der Waals surface area contributed by atoms with Crippen molar-refractivity contribution in [2.24, 2.45) is 0 Å². The highest BCUT2D eigenvalue weighted by Crippen LogP contribution is 2.31. The fraction of sp³-hybridized carbons (Fsp3) is 0.167. The number of hydrogen-bond acceptors (Lipinski definition) is 2. The van der Waals surface area contributed by atoms with Gasteiger partial charge in [0.05, 0.1) is 6.61 Å². The molecule has 0 saturated heterocycles. The monoisotopic (exact) mass is 585 g/mol. The molecule has 4 nitrogen and oxygen atoms in total. The minimum Gasteiger partial charge on any atom is -0.489 e. The normalized spacial score (nSPS) is 12.1. The molecule has 1 aromatic heterocycles. The molecule has 8 heteroatoms. The van der Waals surface area contributed by atoms with E-state index in [9.17, 15) is 0 Å². The van der Waals surface area contributed by atoms with Gasteiger partial charge in [-0.2, -0.15) is 0 Å². The van der Waals surface area contributed by atoms with Gasteiger partial charge in [0.1, 0.15) is 43.9 Å². The summed E-state index contributed by atoms with van der Waals surface area (Å²) in [6.45, 7) is 2.10. The van der Waals surface area contributed by atoms with Gasteiger partial charge in [-0.05, 0) is 52.7 Å². The Kier molecular flexibility index (Phi) is 8.78. The van der Waals surface area contributed by atoms with Crippen molar-refractivity contribution in [2.75, 3.05) is 6.61 Å². The van der Waals surface area contributed by atoms with Gasteiger partial charge in [-0.25, -0.2) is 9.13 Å². The second kappa shape index (κ2) is 12.4. The maximum atomic E-state index is 6.55. The summed E-state index contributed by atoms with van der Waals surface area (Å²) in [6, 6.07) is 25.2. The summed E-state index contributed by atoms with van der Waals surface area (Å²) in [6.07, 6.45) is 5.71. The van der Waals surface area contributed by atoms with E-state index >= 15 is 0 Å². The van der Waals surface area contributed by atoms with Crippen LogP contribution in [0.1, 0.15) is 17.2 Å². The first-order valence-electron chi connectivity index (χ1n) is 12.1. The van der Waals surface area contributed by atoms with Gasteiger partial charge < -0.3 is 9.47 Å². The molecule has 0 aliphatic carbocycles. The lowest BCUT2D eigenvalue weighted by atomic mass is 10.1. The van der Waals surface area contributed by atoms with E-state index in [4.69, 9.17) is 55.9 Å². The van der Waals surface area contributed by atoms with E-state index in [1.807, 2.05) is 55.1 Å². The molecule has 1 unspecified atom stereocenters. The van der Waals surface area contributed by atoms with Gasteiger partial charge in [-0.1, -0.05) is 88.9 Å². The minimum absolute atomic E-state index is 0.306. The van der Waals surface area contributed by atoms with E-state index in [1.165, 1.54) is 5.39 Å². The fourth-order valence-electron chi connectivity index (χ4n) is 4.23. The molecule has 0 fully saturated rings. The summed E-state index contributed by atoms with van der Waals surface area (Å²) in [7, 11) is 0. The predicted octanol–water partition coefficient (Wildman–Crippen LogP) is 8.58. The Morgan fingerprint density at radius 3 is 2.34 bits per heavy atom. The van der Waals surface area contributed by atoms with Gasteiger partial charge in [0.25, 0.3) is 0 Å². The molecule has 0 bridgehead atoms. The van der Waals surface area contributed by atoms with Crippen molar-refractivity contribution in [1.29, 1.82) is 0 Å². The van der Waals surface area contributed by atoms with Gasteiger partial charge in [0, 0.05) is 25.7 Å². The van der Waals surface area contributed by atoms with Crippen LogP contribution in [-0.4, -0.2) is 11.2 Å². The molecule has 0 saturated carbocycles. The molecule has 1 heterocycles. The molecule has 1 atom stereocenters. The summed E-state index contributed by atoms with van der Waals surface area (Å²) in [5.74, 6) is 0.857. The minimum atomic E-state index is -0.332. The van der Waals surface area contributed by atoms with Crippen LogP contribution < -0.4 is 9.30 Å². The van der Waals surface area contributed by atoms with Gasteiger partial charge in [0.15, 0.2) is 0 Å². The van der Waals surface area contributed by atoms with Crippen LogP contribution >= 0.6 is 46.4 Å². The summed E-state index contributed by atoms with van der Waals surface area (Å²) in [5.41, 5.74) is 1.70. The van der Waals surface area contributed by atoms with Crippen LogP contribution in [0, 0.1) is 0 Å². The molecule has 0 aliphatic rings. The van der Waals surface area contributed by atoms with Gasteiger partial charge in [0.2, 0.25) is 6.33 Å². The van der Waals surface area contributed by atoms with Crippen molar-refractivity contribution in [3.05, 3.63) is 129 Å². The Morgan fingerprint density at radius 2 is 1.55 bits per heavy atom.